The smallest absolute Gasteiger partial charge is 0.430 e. The fraction of sp³-hybridized carbons (Fsp3) is 0.350. The second-order valence-corrected chi connectivity index (χ2v) is 13.2. The van der Waals surface area contributed by atoms with E-state index in [9.17, 15) is 18.4 Å². The van der Waals surface area contributed by atoms with Gasteiger partial charge in [-0.05, 0) is 86.9 Å². The summed E-state index contributed by atoms with van der Waals surface area (Å²) in [6.45, 7) is 16.5. The number of anilines is 1. The zero-order chi connectivity index (χ0) is 36.3. The lowest BCUT2D eigenvalue weighted by atomic mass is 9.94. The summed E-state index contributed by atoms with van der Waals surface area (Å²) in [6.07, 6.45) is 6.33. The topological polar surface area (TPSA) is 59.1 Å². The molecule has 0 N–H and O–H groups in total. The molecule has 2 heterocycles. The van der Waals surface area contributed by atoms with Crippen LogP contribution in [0.5, 0.6) is 11.5 Å². The number of benzene rings is 2. The van der Waals surface area contributed by atoms with Crippen LogP contribution in [0.25, 0.3) is 23.1 Å². The van der Waals surface area contributed by atoms with Crippen LogP contribution >= 0.6 is 11.3 Å². The van der Waals surface area contributed by atoms with Gasteiger partial charge in [-0.2, -0.15) is 18.4 Å². The second-order valence-electron chi connectivity index (χ2n) is 12.0. The quantitative estimate of drug-likeness (QED) is 0.117. The molecular formula is C40H42F3N3O3S. The number of hydrogen-bond acceptors (Lipinski definition) is 6. The lowest BCUT2D eigenvalue weighted by Crippen LogP contribution is -2.43. The normalized spacial score (nSPS) is 17.2. The van der Waals surface area contributed by atoms with Crippen molar-refractivity contribution in [2.45, 2.75) is 71.8 Å². The molecule has 0 aliphatic carbocycles. The van der Waals surface area contributed by atoms with E-state index in [0.29, 0.717) is 11.5 Å². The first kappa shape index (κ1) is 37.9. The maximum absolute atomic E-state index is 14.2. The molecule has 0 amide bonds. The van der Waals surface area contributed by atoms with Crippen LogP contribution in [-0.2, 0) is 11.3 Å². The number of alkyl halides is 3. The van der Waals surface area contributed by atoms with Crippen LogP contribution in [0.15, 0.2) is 83.3 Å². The largest absolute Gasteiger partial charge is 0.497 e. The Morgan fingerprint density at radius 3 is 2.20 bits per heavy atom. The molecule has 0 bridgehead atoms. The Hall–Kier alpha value is -4.93. The van der Waals surface area contributed by atoms with Crippen molar-refractivity contribution in [1.82, 2.24) is 0 Å². The van der Waals surface area contributed by atoms with Crippen LogP contribution < -0.4 is 14.4 Å². The van der Waals surface area contributed by atoms with Gasteiger partial charge in [0.25, 0.3) is 0 Å². The minimum atomic E-state index is -4.81. The molecule has 50 heavy (non-hydrogen) atoms. The molecule has 0 saturated carbocycles. The van der Waals surface area contributed by atoms with Crippen molar-refractivity contribution in [3.8, 4) is 17.6 Å². The van der Waals surface area contributed by atoms with Crippen molar-refractivity contribution in [2.75, 3.05) is 25.1 Å². The molecule has 3 aromatic rings. The minimum Gasteiger partial charge on any atom is -0.497 e. The summed E-state index contributed by atoms with van der Waals surface area (Å²) in [4.78, 5) is 7.30. The molecule has 1 unspecified atom stereocenters. The van der Waals surface area contributed by atoms with Gasteiger partial charge in [-0.25, -0.2) is 4.85 Å². The highest BCUT2D eigenvalue weighted by atomic mass is 32.1. The van der Waals surface area contributed by atoms with E-state index in [1.807, 2.05) is 42.5 Å². The van der Waals surface area contributed by atoms with Gasteiger partial charge in [-0.15, -0.1) is 11.3 Å². The van der Waals surface area contributed by atoms with E-state index in [1.165, 1.54) is 24.3 Å². The number of allylic oxidation sites excluding steroid dienone is 1. The van der Waals surface area contributed by atoms with Gasteiger partial charge >= 0.3 is 6.18 Å². The first-order chi connectivity index (χ1) is 24.0. The van der Waals surface area contributed by atoms with Gasteiger partial charge in [-0.3, -0.25) is 0 Å². The molecule has 6 nitrogen and oxygen atoms in total. The number of hydrogen-bond donors (Lipinski definition) is 0. The Morgan fingerprint density at radius 1 is 1.00 bits per heavy atom. The zero-order valence-electron chi connectivity index (χ0n) is 29.1. The summed E-state index contributed by atoms with van der Waals surface area (Å²) in [5.41, 5.74) is -0.490. The third-order valence-corrected chi connectivity index (χ3v) is 9.43. The minimum absolute atomic E-state index is 0.0894. The zero-order valence-corrected chi connectivity index (χ0v) is 29.9. The SMILES string of the molecule is [C-]#[N+]C1=C(/C=C/c2ccc(/C=C/c3ccc(N(CCCC)CCCC)cc3OCc3ccc(OC)cc3)s2)C(C)(C(F)(F)F)O/C1=C(\C)C#N. The molecule has 2 aromatic carbocycles. The van der Waals surface area contributed by atoms with E-state index in [0.717, 1.165) is 78.9 Å². The van der Waals surface area contributed by atoms with E-state index in [1.54, 1.807) is 25.3 Å². The maximum Gasteiger partial charge on any atom is 0.430 e. The Kier molecular flexibility index (Phi) is 13.0. The van der Waals surface area contributed by atoms with Gasteiger partial charge in [0.15, 0.2) is 0 Å². The van der Waals surface area contributed by atoms with Crippen molar-refractivity contribution in [1.29, 1.82) is 5.26 Å². The average molecular weight is 702 g/mol. The molecule has 1 aliphatic rings. The molecule has 0 radical (unpaired) electrons. The van der Waals surface area contributed by atoms with Crippen LogP contribution in [0.4, 0.5) is 18.9 Å². The summed E-state index contributed by atoms with van der Waals surface area (Å²) in [7, 11) is 1.63. The highest BCUT2D eigenvalue weighted by Gasteiger charge is 2.60. The Morgan fingerprint density at radius 2 is 1.64 bits per heavy atom. The monoisotopic (exact) mass is 701 g/mol. The molecule has 1 aliphatic heterocycles. The molecule has 0 spiro atoms. The van der Waals surface area contributed by atoms with E-state index < -0.39 is 11.8 Å². The average Bonchev–Trinajstić information content (AvgIpc) is 3.70. The third kappa shape index (κ3) is 8.99. The van der Waals surface area contributed by atoms with Gasteiger partial charge < -0.3 is 19.1 Å². The summed E-state index contributed by atoms with van der Waals surface area (Å²) >= 11 is 1.39. The van der Waals surface area contributed by atoms with Gasteiger partial charge in [0.05, 0.1) is 25.3 Å². The fourth-order valence-electron chi connectivity index (χ4n) is 5.34. The highest BCUT2D eigenvalue weighted by molar-refractivity contribution is 7.13. The molecule has 10 heteroatoms. The fourth-order valence-corrected chi connectivity index (χ4v) is 6.15. The Bertz CT molecular complexity index is 1830. The van der Waals surface area contributed by atoms with E-state index in [4.69, 9.17) is 20.8 Å². The number of nitriles is 1. The van der Waals surface area contributed by atoms with Crippen molar-refractivity contribution in [3.63, 3.8) is 0 Å². The Balaban J connectivity index is 1.63. The van der Waals surface area contributed by atoms with Gasteiger partial charge in [0, 0.05) is 45.7 Å². The molecule has 1 aromatic heterocycles. The van der Waals surface area contributed by atoms with Crippen LogP contribution in [0.2, 0.25) is 0 Å². The number of thiophene rings is 1. The van der Waals surface area contributed by atoms with Crippen LogP contribution in [0, 0.1) is 17.9 Å². The van der Waals surface area contributed by atoms with Crippen molar-refractivity contribution >= 4 is 35.3 Å². The first-order valence-corrected chi connectivity index (χ1v) is 17.4. The summed E-state index contributed by atoms with van der Waals surface area (Å²) in [5, 5.41) is 9.30. The lowest BCUT2D eigenvalue weighted by Gasteiger charge is -2.29. The van der Waals surface area contributed by atoms with Gasteiger partial charge in [0.1, 0.15) is 23.9 Å². The summed E-state index contributed by atoms with van der Waals surface area (Å²) in [6, 6.07) is 19.5. The molecule has 0 fully saturated rings. The number of ether oxygens (including phenoxy) is 3. The van der Waals surface area contributed by atoms with Crippen molar-refractivity contribution in [2.24, 2.45) is 0 Å². The Labute approximate surface area is 297 Å². The molecule has 1 atom stereocenters. The molecule has 4 rings (SSSR count). The molecular weight excluding hydrogens is 660 g/mol. The number of nitrogens with zero attached hydrogens (tertiary/aromatic N) is 3. The van der Waals surface area contributed by atoms with E-state index >= 15 is 0 Å². The number of methoxy groups -OCH3 is 1. The number of halogens is 3. The third-order valence-electron chi connectivity index (χ3n) is 8.42. The molecule has 0 saturated heterocycles. The first-order valence-electron chi connectivity index (χ1n) is 16.6. The van der Waals surface area contributed by atoms with Crippen molar-refractivity contribution < 1.29 is 27.4 Å². The second kappa shape index (κ2) is 17.1. The van der Waals surface area contributed by atoms with Crippen LogP contribution in [0.1, 0.15) is 74.3 Å². The predicted octanol–water partition coefficient (Wildman–Crippen LogP) is 11.2. The van der Waals surface area contributed by atoms with Gasteiger partial charge in [0.2, 0.25) is 11.3 Å². The molecule has 262 valence electrons. The maximum atomic E-state index is 14.2. The standard InChI is InChI=1S/C40H42F3N3O3S/c1-7-9-23-46(24-10-8-2)31-15-13-30(36(25-31)48-27-29-11-16-32(47-6)17-12-29)14-18-33-19-20-34(50-33)21-22-35-37(45-5)38(28(3)26-44)49-39(35,4)40(41,42)43/h11-22,25H,7-10,23-24,27H2,1-4,6H3/b18-14+,22-21+,38-28+. The predicted molar refractivity (Wildman–Crippen MR) is 196 cm³/mol. The summed E-state index contributed by atoms with van der Waals surface area (Å²) < 4.78 is 59.6. The van der Waals surface area contributed by atoms with E-state index in [2.05, 4.69) is 41.8 Å². The summed E-state index contributed by atoms with van der Waals surface area (Å²) in [5.74, 6) is 1.18. The van der Waals surface area contributed by atoms with Crippen LogP contribution in [0.3, 0.4) is 0 Å². The van der Waals surface area contributed by atoms with E-state index in [-0.39, 0.29) is 22.6 Å². The number of rotatable bonds is 15. The lowest BCUT2D eigenvalue weighted by molar-refractivity contribution is -0.236. The number of unbranched alkanes of at least 4 members (excludes halogenated alkanes) is 2. The van der Waals surface area contributed by atoms with Crippen LogP contribution in [-0.4, -0.2) is 32.0 Å². The van der Waals surface area contributed by atoms with Crippen molar-refractivity contribution in [3.05, 3.63) is 116 Å². The highest BCUT2D eigenvalue weighted by Crippen LogP contribution is 2.50. The van der Waals surface area contributed by atoms with Gasteiger partial charge in [-0.1, -0.05) is 44.9 Å².